The molecule has 0 aromatic carbocycles. The van der Waals surface area contributed by atoms with E-state index in [0.717, 1.165) is 89.9 Å². The van der Waals surface area contributed by atoms with Crippen LogP contribution in [0.3, 0.4) is 0 Å². The van der Waals surface area contributed by atoms with Crippen LogP contribution in [-0.2, 0) is 28.6 Å². The molecule has 6 heteroatoms. The molecule has 0 aromatic heterocycles. The van der Waals surface area contributed by atoms with Crippen LogP contribution in [0.4, 0.5) is 0 Å². The van der Waals surface area contributed by atoms with Gasteiger partial charge in [0.15, 0.2) is 6.10 Å². The number of rotatable bonds is 54. The minimum Gasteiger partial charge on any atom is -0.462 e. The lowest BCUT2D eigenvalue weighted by molar-refractivity contribution is -0.167. The molecule has 0 N–H and O–H groups in total. The molecular formula is C62H112O6. The van der Waals surface area contributed by atoms with Crippen LogP contribution in [0.15, 0.2) is 48.6 Å². The lowest BCUT2D eigenvalue weighted by Gasteiger charge is -2.18. The number of hydrogen-bond donors (Lipinski definition) is 0. The predicted molar refractivity (Wildman–Crippen MR) is 293 cm³/mol. The first-order valence-corrected chi connectivity index (χ1v) is 29.6. The fourth-order valence-corrected chi connectivity index (χ4v) is 8.57. The van der Waals surface area contributed by atoms with Crippen LogP contribution in [0.5, 0.6) is 0 Å². The monoisotopic (exact) mass is 953 g/mol. The highest BCUT2D eigenvalue weighted by Crippen LogP contribution is 2.16. The van der Waals surface area contributed by atoms with Gasteiger partial charge in [-0.15, -0.1) is 0 Å². The van der Waals surface area contributed by atoms with Crippen molar-refractivity contribution in [1.82, 2.24) is 0 Å². The van der Waals surface area contributed by atoms with Gasteiger partial charge in [0.1, 0.15) is 13.2 Å². The lowest BCUT2D eigenvalue weighted by Crippen LogP contribution is -2.30. The van der Waals surface area contributed by atoms with Gasteiger partial charge in [0.05, 0.1) is 0 Å². The topological polar surface area (TPSA) is 78.9 Å². The molecule has 0 aliphatic carbocycles. The molecule has 6 nitrogen and oxygen atoms in total. The van der Waals surface area contributed by atoms with E-state index in [-0.39, 0.29) is 31.1 Å². The van der Waals surface area contributed by atoms with Gasteiger partial charge >= 0.3 is 17.9 Å². The molecule has 0 radical (unpaired) electrons. The van der Waals surface area contributed by atoms with Gasteiger partial charge in [-0.2, -0.15) is 0 Å². The maximum Gasteiger partial charge on any atom is 0.306 e. The molecule has 1 unspecified atom stereocenters. The maximum absolute atomic E-state index is 12.8. The fourth-order valence-electron chi connectivity index (χ4n) is 8.57. The van der Waals surface area contributed by atoms with E-state index in [4.69, 9.17) is 14.2 Å². The molecule has 0 heterocycles. The summed E-state index contributed by atoms with van der Waals surface area (Å²) in [4.78, 5) is 38.1. The molecule has 0 spiro atoms. The number of ether oxygens (including phenoxy) is 3. The molecule has 0 saturated carbocycles. The third-order valence-corrected chi connectivity index (χ3v) is 13.0. The second-order valence-corrected chi connectivity index (χ2v) is 19.9. The van der Waals surface area contributed by atoms with E-state index in [1.165, 1.54) is 180 Å². The largest absolute Gasteiger partial charge is 0.462 e. The van der Waals surface area contributed by atoms with E-state index in [1.54, 1.807) is 0 Å². The summed E-state index contributed by atoms with van der Waals surface area (Å²) in [5, 5.41) is 0. The van der Waals surface area contributed by atoms with Crippen molar-refractivity contribution in [2.45, 2.75) is 316 Å². The highest BCUT2D eigenvalue weighted by atomic mass is 16.6. The van der Waals surface area contributed by atoms with Crippen molar-refractivity contribution in [2.75, 3.05) is 13.2 Å². The van der Waals surface area contributed by atoms with Gasteiger partial charge in [-0.25, -0.2) is 0 Å². The summed E-state index contributed by atoms with van der Waals surface area (Å²) in [5.74, 6) is -0.879. The van der Waals surface area contributed by atoms with Gasteiger partial charge in [-0.3, -0.25) is 14.4 Å². The van der Waals surface area contributed by atoms with Crippen LogP contribution >= 0.6 is 0 Å². The average molecular weight is 954 g/mol. The Labute approximate surface area is 422 Å². The van der Waals surface area contributed by atoms with E-state index < -0.39 is 6.10 Å². The number of hydrogen-bond acceptors (Lipinski definition) is 6. The first-order chi connectivity index (χ1) is 33.5. The molecule has 0 fully saturated rings. The molecule has 0 rings (SSSR count). The summed E-state index contributed by atoms with van der Waals surface area (Å²) in [7, 11) is 0. The Bertz CT molecular complexity index is 1190. The smallest absolute Gasteiger partial charge is 0.306 e. The number of esters is 3. The SMILES string of the molecule is CCC/C=C\CCCCCCCC(=O)OCC(COC(=O)CCCCCCCCCC/C=C\C/C=C\C/C=C\CCCCCCC)OC(=O)CCCCCCCCCCCCCCCCCCC. The summed E-state index contributed by atoms with van der Waals surface area (Å²) in [6.45, 7) is 6.59. The van der Waals surface area contributed by atoms with Gasteiger partial charge in [-0.1, -0.05) is 262 Å². The Balaban J connectivity index is 4.26. The minimum absolute atomic E-state index is 0.0769. The zero-order valence-corrected chi connectivity index (χ0v) is 45.4. The van der Waals surface area contributed by atoms with Crippen LogP contribution in [0.1, 0.15) is 310 Å². The second-order valence-electron chi connectivity index (χ2n) is 19.9. The third kappa shape index (κ3) is 54.3. The van der Waals surface area contributed by atoms with Crippen molar-refractivity contribution in [3.8, 4) is 0 Å². The van der Waals surface area contributed by atoms with Crippen LogP contribution in [0.25, 0.3) is 0 Å². The first kappa shape index (κ1) is 65.4. The first-order valence-electron chi connectivity index (χ1n) is 29.6. The molecule has 68 heavy (non-hydrogen) atoms. The quantitative estimate of drug-likeness (QED) is 0.0262. The summed E-state index contributed by atoms with van der Waals surface area (Å²) >= 11 is 0. The maximum atomic E-state index is 12.8. The standard InChI is InChI=1S/C62H112O6/c1-4-7-10-13-16-19-22-24-26-28-29-30-31-32-33-35-36-38-40-43-46-49-52-55-61(64)67-58-59(57-66-60(63)54-51-48-45-42-21-18-15-12-9-6-3)68-62(65)56-53-50-47-44-41-39-37-34-27-25-23-20-17-14-11-8-5-2/h12,15,22,24,28-29,31-32,59H,4-11,13-14,16-21,23,25-27,30,33-58H2,1-3H3/b15-12-,24-22-,29-28-,32-31-. The van der Waals surface area contributed by atoms with E-state index in [9.17, 15) is 14.4 Å². The Morgan fingerprint density at radius 2 is 0.559 bits per heavy atom. The third-order valence-electron chi connectivity index (χ3n) is 13.0. The predicted octanol–water partition coefficient (Wildman–Crippen LogP) is 19.8. The van der Waals surface area contributed by atoms with Gasteiger partial charge in [0.2, 0.25) is 0 Å². The van der Waals surface area contributed by atoms with Crippen molar-refractivity contribution in [2.24, 2.45) is 0 Å². The van der Waals surface area contributed by atoms with Crippen molar-refractivity contribution in [3.05, 3.63) is 48.6 Å². The normalized spacial score (nSPS) is 12.3. The lowest BCUT2D eigenvalue weighted by atomic mass is 10.0. The Kier molecular flexibility index (Phi) is 54.8. The van der Waals surface area contributed by atoms with Crippen molar-refractivity contribution < 1.29 is 28.6 Å². The summed E-state index contributed by atoms with van der Waals surface area (Å²) in [6, 6.07) is 0. The molecule has 0 aromatic rings. The van der Waals surface area contributed by atoms with Crippen LogP contribution in [0, 0.1) is 0 Å². The second kappa shape index (κ2) is 57.0. The molecule has 396 valence electrons. The Hall–Kier alpha value is -2.63. The van der Waals surface area contributed by atoms with Crippen molar-refractivity contribution >= 4 is 17.9 Å². The number of carbonyl (C=O) groups excluding carboxylic acids is 3. The van der Waals surface area contributed by atoms with Gasteiger partial charge in [0, 0.05) is 19.3 Å². The van der Waals surface area contributed by atoms with E-state index in [0.29, 0.717) is 19.3 Å². The highest BCUT2D eigenvalue weighted by Gasteiger charge is 2.19. The van der Waals surface area contributed by atoms with Gasteiger partial charge in [-0.05, 0) is 77.0 Å². The molecule has 0 amide bonds. The molecule has 1 atom stereocenters. The van der Waals surface area contributed by atoms with Crippen molar-refractivity contribution in [1.29, 1.82) is 0 Å². The van der Waals surface area contributed by atoms with Crippen molar-refractivity contribution in [3.63, 3.8) is 0 Å². The summed E-state index contributed by atoms with van der Waals surface area (Å²) in [5.41, 5.74) is 0. The molecule has 0 bridgehead atoms. The van der Waals surface area contributed by atoms with Crippen LogP contribution in [0.2, 0.25) is 0 Å². The highest BCUT2D eigenvalue weighted by molar-refractivity contribution is 5.71. The fraction of sp³-hybridized carbons (Fsp3) is 0.823. The minimum atomic E-state index is -0.777. The van der Waals surface area contributed by atoms with E-state index in [2.05, 4.69) is 69.4 Å². The molecule has 0 aliphatic heterocycles. The number of allylic oxidation sites excluding steroid dienone is 8. The summed E-state index contributed by atoms with van der Waals surface area (Å²) < 4.78 is 16.8. The zero-order valence-electron chi connectivity index (χ0n) is 45.4. The molecule has 0 saturated heterocycles. The number of unbranched alkanes of at least 4 members (excludes halogenated alkanes) is 35. The zero-order chi connectivity index (χ0) is 49.3. The van der Waals surface area contributed by atoms with Crippen LogP contribution in [-0.4, -0.2) is 37.2 Å². The molecular weight excluding hydrogens is 841 g/mol. The number of carbonyl (C=O) groups is 3. The van der Waals surface area contributed by atoms with Gasteiger partial charge < -0.3 is 14.2 Å². The molecule has 0 aliphatic rings. The Morgan fingerprint density at radius 1 is 0.294 bits per heavy atom. The van der Waals surface area contributed by atoms with E-state index >= 15 is 0 Å². The van der Waals surface area contributed by atoms with Gasteiger partial charge in [0.25, 0.3) is 0 Å². The average Bonchev–Trinajstić information content (AvgIpc) is 3.34. The summed E-state index contributed by atoms with van der Waals surface area (Å²) in [6.07, 6.45) is 69.7. The Morgan fingerprint density at radius 3 is 0.897 bits per heavy atom. The van der Waals surface area contributed by atoms with Crippen LogP contribution < -0.4 is 0 Å². The van der Waals surface area contributed by atoms with E-state index in [1.807, 2.05) is 0 Å².